The van der Waals surface area contributed by atoms with E-state index in [0.29, 0.717) is 5.92 Å². The van der Waals surface area contributed by atoms with Gasteiger partial charge in [-0.3, -0.25) is 4.99 Å². The Hall–Kier alpha value is -1.80. The molecule has 5 nitrogen and oxygen atoms in total. The van der Waals surface area contributed by atoms with Crippen LogP contribution in [0.2, 0.25) is 0 Å². The molecule has 2 aliphatic heterocycles. The van der Waals surface area contributed by atoms with Crippen LogP contribution in [-0.2, 0) is 11.2 Å². The second kappa shape index (κ2) is 11.6. The fraction of sp³-hybridized carbons (Fsp3) is 0.458. The first kappa shape index (κ1) is 22.9. The summed E-state index contributed by atoms with van der Waals surface area (Å²) < 4.78 is 12.2. The number of ether oxygens (including phenoxy) is 2. The van der Waals surface area contributed by atoms with Crippen LogP contribution < -0.4 is 15.4 Å². The van der Waals surface area contributed by atoms with E-state index in [2.05, 4.69) is 60.0 Å². The predicted octanol–water partition coefficient (Wildman–Crippen LogP) is 4.33. The third kappa shape index (κ3) is 5.88. The molecule has 3 atom stereocenters. The van der Waals surface area contributed by atoms with Crippen LogP contribution in [0.1, 0.15) is 37.0 Å². The molecule has 2 N–H and O–H groups in total. The molecule has 2 aliphatic rings. The molecule has 0 bridgehead atoms. The summed E-state index contributed by atoms with van der Waals surface area (Å²) in [5.74, 6) is 2.25. The molecule has 2 heterocycles. The molecule has 0 saturated carbocycles. The van der Waals surface area contributed by atoms with Gasteiger partial charge in [0.2, 0.25) is 0 Å². The minimum atomic E-state index is 0. The molecule has 30 heavy (non-hydrogen) atoms. The largest absolute Gasteiger partial charge is 0.488 e. The van der Waals surface area contributed by atoms with Crippen LogP contribution in [-0.4, -0.2) is 38.3 Å². The first-order chi connectivity index (χ1) is 14.3. The molecular weight excluding hydrogens is 489 g/mol. The smallest absolute Gasteiger partial charge is 0.191 e. The zero-order valence-electron chi connectivity index (χ0n) is 17.5. The minimum Gasteiger partial charge on any atom is -0.488 e. The van der Waals surface area contributed by atoms with Crippen LogP contribution >= 0.6 is 24.0 Å². The number of halogens is 1. The summed E-state index contributed by atoms with van der Waals surface area (Å²) in [5.41, 5.74) is 2.54. The predicted molar refractivity (Wildman–Crippen MR) is 132 cm³/mol. The molecule has 0 radical (unpaired) electrons. The van der Waals surface area contributed by atoms with Crippen LogP contribution in [0, 0.1) is 5.92 Å². The van der Waals surface area contributed by atoms with Gasteiger partial charge >= 0.3 is 0 Å². The number of nitrogens with one attached hydrogen (secondary N) is 2. The van der Waals surface area contributed by atoms with E-state index < -0.39 is 0 Å². The van der Waals surface area contributed by atoms with Crippen molar-refractivity contribution in [1.82, 2.24) is 10.6 Å². The normalized spacial score (nSPS) is 23.1. The van der Waals surface area contributed by atoms with Gasteiger partial charge in [0.05, 0.1) is 12.6 Å². The molecule has 1 saturated heterocycles. The minimum absolute atomic E-state index is 0. The van der Waals surface area contributed by atoms with Gasteiger partial charge in [0, 0.05) is 32.0 Å². The van der Waals surface area contributed by atoms with Crippen LogP contribution in [0.25, 0.3) is 0 Å². The first-order valence-electron chi connectivity index (χ1n) is 10.8. The summed E-state index contributed by atoms with van der Waals surface area (Å²) in [7, 11) is 0. The van der Waals surface area contributed by atoms with E-state index in [0.717, 1.165) is 57.2 Å². The number of para-hydroxylation sites is 1. The highest BCUT2D eigenvalue weighted by Crippen LogP contribution is 2.33. The number of guanidine groups is 1. The summed E-state index contributed by atoms with van der Waals surface area (Å²) in [6.45, 7) is 5.25. The Labute approximate surface area is 196 Å². The molecule has 0 spiro atoms. The number of benzene rings is 2. The van der Waals surface area contributed by atoms with Crippen LogP contribution in [0.3, 0.4) is 0 Å². The van der Waals surface area contributed by atoms with Gasteiger partial charge in [-0.25, -0.2) is 0 Å². The number of fused-ring (bicyclic) bond motifs is 1. The Balaban J connectivity index is 0.00000256. The van der Waals surface area contributed by atoms with Crippen LogP contribution in [0.4, 0.5) is 0 Å². The molecule has 162 valence electrons. The van der Waals surface area contributed by atoms with E-state index >= 15 is 0 Å². The summed E-state index contributed by atoms with van der Waals surface area (Å²) >= 11 is 0. The van der Waals surface area contributed by atoms with E-state index in [4.69, 9.17) is 14.5 Å². The van der Waals surface area contributed by atoms with Crippen molar-refractivity contribution in [2.45, 2.75) is 38.4 Å². The zero-order chi connectivity index (χ0) is 19.9. The summed E-state index contributed by atoms with van der Waals surface area (Å²) in [6.07, 6.45) is 3.45. The molecule has 3 unspecified atom stereocenters. The van der Waals surface area contributed by atoms with Crippen molar-refractivity contribution >= 4 is 29.9 Å². The third-order valence-electron chi connectivity index (χ3n) is 5.61. The van der Waals surface area contributed by atoms with Crippen molar-refractivity contribution in [1.29, 1.82) is 0 Å². The van der Waals surface area contributed by atoms with E-state index in [-0.39, 0.29) is 36.2 Å². The number of rotatable bonds is 6. The number of nitrogens with zero attached hydrogens (tertiary/aromatic N) is 1. The molecule has 4 rings (SSSR count). The average molecular weight is 521 g/mol. The Morgan fingerprint density at radius 3 is 2.67 bits per heavy atom. The van der Waals surface area contributed by atoms with E-state index in [1.807, 2.05) is 12.1 Å². The van der Waals surface area contributed by atoms with Gasteiger partial charge in [0.25, 0.3) is 0 Å². The van der Waals surface area contributed by atoms with E-state index in [9.17, 15) is 0 Å². The van der Waals surface area contributed by atoms with Gasteiger partial charge in [0.1, 0.15) is 11.9 Å². The summed E-state index contributed by atoms with van der Waals surface area (Å²) in [5, 5.41) is 6.83. The quantitative estimate of drug-likeness (QED) is 0.338. The van der Waals surface area contributed by atoms with Gasteiger partial charge in [-0.2, -0.15) is 0 Å². The standard InChI is InChI=1S/C24H31N3O2.HI/c1-2-25-24(27-17-21-15-19-11-6-7-13-22(19)29-21)26-16-20-12-8-14-28-23(20)18-9-4-3-5-10-18;/h3-7,9-11,13,20-21,23H,2,8,12,14-17H2,1H3,(H2,25,26,27);1H. The van der Waals surface area contributed by atoms with Gasteiger partial charge < -0.3 is 20.1 Å². The second-order valence-corrected chi connectivity index (χ2v) is 7.76. The second-order valence-electron chi connectivity index (χ2n) is 7.76. The lowest BCUT2D eigenvalue weighted by atomic mass is 9.89. The molecule has 0 aromatic heterocycles. The fourth-order valence-corrected chi connectivity index (χ4v) is 4.17. The molecular formula is C24H32IN3O2. The van der Waals surface area contributed by atoms with Crippen molar-refractivity contribution in [2.24, 2.45) is 10.9 Å². The van der Waals surface area contributed by atoms with Crippen molar-refractivity contribution in [3.63, 3.8) is 0 Å². The Bertz CT molecular complexity index is 790. The SMILES string of the molecule is CCNC(=NCC1CCCOC1c1ccccc1)NCC1Cc2ccccc2O1.I. The topological polar surface area (TPSA) is 54.9 Å². The molecule has 0 amide bonds. The zero-order valence-corrected chi connectivity index (χ0v) is 19.9. The number of aliphatic imine (C=N–C) groups is 1. The maximum absolute atomic E-state index is 6.12. The highest BCUT2D eigenvalue weighted by Gasteiger charge is 2.27. The van der Waals surface area contributed by atoms with Crippen molar-refractivity contribution in [3.8, 4) is 5.75 Å². The highest BCUT2D eigenvalue weighted by molar-refractivity contribution is 14.0. The maximum atomic E-state index is 6.12. The Morgan fingerprint density at radius 2 is 1.87 bits per heavy atom. The number of hydrogen-bond donors (Lipinski definition) is 2. The van der Waals surface area contributed by atoms with Crippen molar-refractivity contribution < 1.29 is 9.47 Å². The molecule has 2 aromatic rings. The van der Waals surface area contributed by atoms with Crippen molar-refractivity contribution in [2.75, 3.05) is 26.2 Å². The van der Waals surface area contributed by atoms with Gasteiger partial charge in [-0.05, 0) is 37.0 Å². The summed E-state index contributed by atoms with van der Waals surface area (Å²) in [6, 6.07) is 18.8. The fourth-order valence-electron chi connectivity index (χ4n) is 4.17. The lowest BCUT2D eigenvalue weighted by Gasteiger charge is -2.31. The molecule has 1 fully saturated rings. The average Bonchev–Trinajstić information content (AvgIpc) is 3.19. The Kier molecular flexibility index (Phi) is 8.81. The highest BCUT2D eigenvalue weighted by atomic mass is 127. The molecule has 2 aromatic carbocycles. The lowest BCUT2D eigenvalue weighted by molar-refractivity contribution is -0.0250. The monoisotopic (exact) mass is 521 g/mol. The lowest BCUT2D eigenvalue weighted by Crippen LogP contribution is -2.42. The van der Waals surface area contributed by atoms with Crippen molar-refractivity contribution in [3.05, 3.63) is 65.7 Å². The van der Waals surface area contributed by atoms with E-state index in [1.54, 1.807) is 0 Å². The van der Waals surface area contributed by atoms with E-state index in [1.165, 1.54) is 11.1 Å². The van der Waals surface area contributed by atoms with Crippen LogP contribution in [0.15, 0.2) is 59.6 Å². The maximum Gasteiger partial charge on any atom is 0.191 e. The molecule has 6 heteroatoms. The molecule has 0 aliphatic carbocycles. The third-order valence-corrected chi connectivity index (χ3v) is 5.61. The van der Waals surface area contributed by atoms with Gasteiger partial charge in [-0.15, -0.1) is 24.0 Å². The summed E-state index contributed by atoms with van der Waals surface area (Å²) in [4.78, 5) is 4.88. The van der Waals surface area contributed by atoms with Crippen LogP contribution in [0.5, 0.6) is 5.75 Å². The van der Waals surface area contributed by atoms with Gasteiger partial charge in [0.15, 0.2) is 5.96 Å². The Morgan fingerprint density at radius 1 is 1.07 bits per heavy atom. The first-order valence-corrected chi connectivity index (χ1v) is 10.8. The number of hydrogen-bond acceptors (Lipinski definition) is 3. The van der Waals surface area contributed by atoms with Gasteiger partial charge in [-0.1, -0.05) is 48.5 Å².